The molecule has 2 aromatic heterocycles. The molecule has 24 heavy (non-hydrogen) atoms. The summed E-state index contributed by atoms with van der Waals surface area (Å²) in [6.07, 6.45) is 4.86. The number of rotatable bonds is 7. The van der Waals surface area contributed by atoms with Crippen LogP contribution in [0.15, 0.2) is 4.79 Å². The third-order valence-electron chi connectivity index (χ3n) is 4.04. The molecular weight excluding hydrogens is 330 g/mol. The lowest BCUT2D eigenvalue weighted by molar-refractivity contribution is -0.134. The van der Waals surface area contributed by atoms with E-state index in [1.165, 1.54) is 16.9 Å². The van der Waals surface area contributed by atoms with E-state index in [4.69, 9.17) is 9.57 Å². The molecule has 0 saturated carbocycles. The number of hydroxylamine groups is 1. The van der Waals surface area contributed by atoms with Gasteiger partial charge in [0.05, 0.1) is 18.6 Å². The van der Waals surface area contributed by atoms with Crippen LogP contribution in [-0.4, -0.2) is 36.2 Å². The van der Waals surface area contributed by atoms with Crippen molar-refractivity contribution in [2.75, 3.05) is 20.3 Å². The van der Waals surface area contributed by atoms with Crippen LogP contribution >= 0.6 is 11.3 Å². The molecule has 1 amide bonds. The second kappa shape index (κ2) is 7.87. The second-order valence-corrected chi connectivity index (χ2v) is 6.85. The second-order valence-electron chi connectivity index (χ2n) is 5.77. The number of H-pyrrole nitrogens is 1. The number of nitrogens with zero attached hydrogens (tertiary/aromatic N) is 1. The number of aromatic nitrogens is 2. The van der Waals surface area contributed by atoms with Crippen LogP contribution in [0.3, 0.4) is 0 Å². The zero-order chi connectivity index (χ0) is 16.9. The van der Waals surface area contributed by atoms with E-state index in [0.29, 0.717) is 25.5 Å². The summed E-state index contributed by atoms with van der Waals surface area (Å²) in [4.78, 5) is 38.5. The molecule has 130 valence electrons. The molecule has 0 atom stereocenters. The van der Waals surface area contributed by atoms with Gasteiger partial charge in [0.15, 0.2) is 0 Å². The van der Waals surface area contributed by atoms with E-state index >= 15 is 0 Å². The molecule has 8 heteroatoms. The Hall–Kier alpha value is -1.77. The molecule has 2 heterocycles. The summed E-state index contributed by atoms with van der Waals surface area (Å²) in [6, 6.07) is 0. The van der Waals surface area contributed by atoms with Crippen LogP contribution in [0.5, 0.6) is 0 Å². The first-order valence-corrected chi connectivity index (χ1v) is 8.93. The van der Waals surface area contributed by atoms with Gasteiger partial charge in [-0.05, 0) is 31.2 Å². The highest BCUT2D eigenvalue weighted by atomic mass is 32.1. The zero-order valence-corrected chi connectivity index (χ0v) is 14.5. The fraction of sp³-hybridized carbons (Fsp3) is 0.562. The normalized spacial score (nSPS) is 13.9. The van der Waals surface area contributed by atoms with E-state index < -0.39 is 0 Å². The van der Waals surface area contributed by atoms with Gasteiger partial charge in [-0.25, -0.2) is 10.5 Å². The maximum atomic E-state index is 12.4. The highest BCUT2D eigenvalue weighted by molar-refractivity contribution is 7.18. The van der Waals surface area contributed by atoms with Gasteiger partial charge in [0.2, 0.25) is 5.91 Å². The minimum atomic E-state index is -0.251. The number of ether oxygens (including phenoxy) is 1. The number of aromatic amines is 1. The van der Waals surface area contributed by atoms with Crippen LogP contribution in [0.25, 0.3) is 10.2 Å². The first kappa shape index (κ1) is 17.1. The topological polar surface area (TPSA) is 93.3 Å². The summed E-state index contributed by atoms with van der Waals surface area (Å²) in [5.74, 6) is 0.289. The molecule has 1 aliphatic rings. The number of methoxy groups -OCH3 is 1. The Morgan fingerprint density at radius 1 is 1.33 bits per heavy atom. The van der Waals surface area contributed by atoms with Crippen molar-refractivity contribution < 1.29 is 14.4 Å². The highest BCUT2D eigenvalue weighted by Gasteiger charge is 2.19. The Labute approximate surface area is 143 Å². The molecular formula is C16H21N3O4S. The van der Waals surface area contributed by atoms with Crippen LogP contribution < -0.4 is 11.0 Å². The SMILES string of the molecule is COCCONC(=O)CCc1nc2sc3c(c2c(=O)[nH]1)CCCC3. The van der Waals surface area contributed by atoms with Crippen molar-refractivity contribution in [2.45, 2.75) is 38.5 Å². The molecule has 3 rings (SSSR count). The van der Waals surface area contributed by atoms with Gasteiger partial charge in [-0.2, -0.15) is 0 Å². The number of carbonyl (C=O) groups excluding carboxylic acids is 1. The molecule has 0 aliphatic heterocycles. The third kappa shape index (κ3) is 3.82. The maximum absolute atomic E-state index is 12.4. The van der Waals surface area contributed by atoms with E-state index in [1.54, 1.807) is 18.4 Å². The quantitative estimate of drug-likeness (QED) is 0.582. The van der Waals surface area contributed by atoms with Crippen molar-refractivity contribution in [1.29, 1.82) is 0 Å². The van der Waals surface area contributed by atoms with E-state index in [1.807, 2.05) is 0 Å². The van der Waals surface area contributed by atoms with Gasteiger partial charge in [-0.15, -0.1) is 11.3 Å². The molecule has 2 aromatic rings. The van der Waals surface area contributed by atoms with Crippen LogP contribution in [0.1, 0.15) is 35.5 Å². The molecule has 1 aliphatic carbocycles. The summed E-state index contributed by atoms with van der Waals surface area (Å²) in [5, 5.41) is 0.741. The van der Waals surface area contributed by atoms with E-state index in [2.05, 4.69) is 15.4 Å². The van der Waals surface area contributed by atoms with Gasteiger partial charge in [0.25, 0.3) is 5.56 Å². The van der Waals surface area contributed by atoms with Crippen molar-refractivity contribution >= 4 is 27.5 Å². The monoisotopic (exact) mass is 351 g/mol. The third-order valence-corrected chi connectivity index (χ3v) is 5.22. The molecule has 0 spiro atoms. The number of fused-ring (bicyclic) bond motifs is 3. The van der Waals surface area contributed by atoms with E-state index in [0.717, 1.165) is 29.5 Å². The van der Waals surface area contributed by atoms with Crippen molar-refractivity contribution in [1.82, 2.24) is 15.4 Å². The van der Waals surface area contributed by atoms with Gasteiger partial charge < -0.3 is 9.72 Å². The smallest absolute Gasteiger partial charge is 0.259 e. The van der Waals surface area contributed by atoms with Crippen LogP contribution in [0.4, 0.5) is 0 Å². The lowest BCUT2D eigenvalue weighted by atomic mass is 9.97. The lowest BCUT2D eigenvalue weighted by Gasteiger charge is -2.09. The van der Waals surface area contributed by atoms with E-state index in [9.17, 15) is 9.59 Å². The van der Waals surface area contributed by atoms with Crippen molar-refractivity contribution in [3.63, 3.8) is 0 Å². The fourth-order valence-corrected chi connectivity index (χ4v) is 4.15. The molecule has 7 nitrogen and oxygen atoms in total. The lowest BCUT2D eigenvalue weighted by Crippen LogP contribution is -2.26. The van der Waals surface area contributed by atoms with Crippen molar-refractivity contribution in [2.24, 2.45) is 0 Å². The standard InChI is InChI=1S/C16H21N3O4S/c1-22-8-9-23-19-13(20)7-6-12-17-15(21)14-10-4-2-3-5-11(10)24-16(14)18-12/h2-9H2,1H3,(H,19,20)(H,17,18,21). The maximum Gasteiger partial charge on any atom is 0.259 e. The Morgan fingerprint density at radius 3 is 3.00 bits per heavy atom. The van der Waals surface area contributed by atoms with Crippen LogP contribution in [0.2, 0.25) is 0 Å². The Kier molecular flexibility index (Phi) is 5.60. The van der Waals surface area contributed by atoms with Gasteiger partial charge >= 0.3 is 0 Å². The summed E-state index contributed by atoms with van der Waals surface area (Å²) in [6.45, 7) is 0.707. The Balaban J connectivity index is 1.65. The summed E-state index contributed by atoms with van der Waals surface area (Å²) in [7, 11) is 1.56. The minimum absolute atomic E-state index is 0.0915. The number of nitrogens with one attached hydrogen (secondary N) is 2. The molecule has 0 aromatic carbocycles. The number of thiophene rings is 1. The zero-order valence-electron chi connectivity index (χ0n) is 13.6. The highest BCUT2D eigenvalue weighted by Crippen LogP contribution is 2.33. The molecule has 0 fully saturated rings. The minimum Gasteiger partial charge on any atom is -0.382 e. The predicted molar refractivity (Wildman–Crippen MR) is 91.2 cm³/mol. The van der Waals surface area contributed by atoms with Gasteiger partial charge in [-0.1, -0.05) is 0 Å². The average Bonchev–Trinajstić information content (AvgIpc) is 2.95. The number of hydrogen-bond donors (Lipinski definition) is 2. The summed E-state index contributed by atoms with van der Waals surface area (Å²) >= 11 is 1.61. The average molecular weight is 351 g/mol. The Bertz CT molecular complexity index is 783. The molecule has 0 radical (unpaired) electrons. The number of hydrogen-bond acceptors (Lipinski definition) is 6. The predicted octanol–water partition coefficient (Wildman–Crippen LogP) is 1.49. The molecule has 0 unspecified atom stereocenters. The Morgan fingerprint density at radius 2 is 2.17 bits per heavy atom. The number of carbonyl (C=O) groups is 1. The molecule has 0 bridgehead atoms. The fourth-order valence-electron chi connectivity index (χ4n) is 2.87. The summed E-state index contributed by atoms with van der Waals surface area (Å²) < 4.78 is 4.82. The largest absolute Gasteiger partial charge is 0.382 e. The van der Waals surface area contributed by atoms with Crippen LogP contribution in [-0.2, 0) is 33.6 Å². The first-order chi connectivity index (χ1) is 11.7. The van der Waals surface area contributed by atoms with Gasteiger partial charge in [-0.3, -0.25) is 14.4 Å². The van der Waals surface area contributed by atoms with Gasteiger partial charge in [0, 0.05) is 24.8 Å². The summed E-state index contributed by atoms with van der Waals surface area (Å²) in [5.41, 5.74) is 3.42. The van der Waals surface area contributed by atoms with E-state index in [-0.39, 0.29) is 17.9 Å². The molecule has 2 N–H and O–H groups in total. The number of aryl methyl sites for hydroxylation is 3. The molecule has 0 saturated heterocycles. The van der Waals surface area contributed by atoms with Crippen LogP contribution in [0, 0.1) is 0 Å². The van der Waals surface area contributed by atoms with Gasteiger partial charge in [0.1, 0.15) is 10.7 Å². The number of amides is 1. The van der Waals surface area contributed by atoms with Crippen molar-refractivity contribution in [3.8, 4) is 0 Å². The first-order valence-electron chi connectivity index (χ1n) is 8.12. The van der Waals surface area contributed by atoms with Crippen molar-refractivity contribution in [3.05, 3.63) is 26.6 Å².